The molecule has 1 heterocycles. The maximum atomic E-state index is 10.9. The first-order chi connectivity index (χ1) is 8.15. The molecule has 1 aromatic carbocycles. The summed E-state index contributed by atoms with van der Waals surface area (Å²) in [6.45, 7) is 1.82. The van der Waals surface area contributed by atoms with Crippen LogP contribution in [0.2, 0.25) is 0 Å². The highest BCUT2D eigenvalue weighted by Crippen LogP contribution is 2.12. The minimum Gasteiger partial charge on any atom is -0.508 e. The molecule has 1 saturated heterocycles. The Morgan fingerprint density at radius 1 is 1.41 bits per heavy atom. The lowest BCUT2D eigenvalue weighted by atomic mass is 10.1. The molecule has 2 N–H and O–H groups in total. The van der Waals surface area contributed by atoms with Crippen molar-refractivity contribution in [1.82, 2.24) is 5.32 Å². The van der Waals surface area contributed by atoms with Gasteiger partial charge in [-0.25, -0.2) is 0 Å². The Bertz CT molecular complexity index is 494. The van der Waals surface area contributed by atoms with Crippen molar-refractivity contribution in [2.24, 2.45) is 10.2 Å². The maximum absolute atomic E-state index is 10.9. The van der Waals surface area contributed by atoms with E-state index in [-0.39, 0.29) is 11.7 Å². The molecular weight excluding hydrogens is 238 g/mol. The molecule has 0 spiro atoms. The third-order valence-corrected chi connectivity index (χ3v) is 3.03. The lowest BCUT2D eigenvalue weighted by Gasteiger charge is -1.98. The third kappa shape index (κ3) is 3.07. The van der Waals surface area contributed by atoms with Crippen LogP contribution in [0.25, 0.3) is 0 Å². The molecule has 1 aliphatic rings. The van der Waals surface area contributed by atoms with Gasteiger partial charge in [-0.1, -0.05) is 11.8 Å². The van der Waals surface area contributed by atoms with Crippen molar-refractivity contribution in [2.75, 3.05) is 5.75 Å². The fourth-order valence-electron chi connectivity index (χ4n) is 1.26. The number of carbonyl (C=O) groups excluding carboxylic acids is 1. The highest BCUT2D eigenvalue weighted by molar-refractivity contribution is 8.15. The second-order valence-corrected chi connectivity index (χ2v) is 4.44. The van der Waals surface area contributed by atoms with Gasteiger partial charge in [0.05, 0.1) is 11.5 Å². The van der Waals surface area contributed by atoms with Gasteiger partial charge in [-0.2, -0.15) is 5.10 Å². The van der Waals surface area contributed by atoms with Crippen molar-refractivity contribution in [3.8, 4) is 5.75 Å². The highest BCUT2D eigenvalue weighted by atomic mass is 32.2. The largest absolute Gasteiger partial charge is 0.508 e. The Hall–Kier alpha value is -1.82. The average Bonchev–Trinajstić information content (AvgIpc) is 2.73. The molecule has 0 radical (unpaired) electrons. The highest BCUT2D eigenvalue weighted by Gasteiger charge is 2.16. The van der Waals surface area contributed by atoms with E-state index in [0.29, 0.717) is 10.9 Å². The quantitative estimate of drug-likeness (QED) is 0.613. The molecule has 1 aliphatic heterocycles. The molecule has 88 valence electrons. The predicted molar refractivity (Wildman–Crippen MR) is 68.4 cm³/mol. The SMILES string of the molecule is C/C(=N/N=C1\NC(=O)CS1)c1ccc(O)cc1. The summed E-state index contributed by atoms with van der Waals surface area (Å²) in [6.07, 6.45) is 0. The maximum Gasteiger partial charge on any atom is 0.236 e. The van der Waals surface area contributed by atoms with E-state index in [0.717, 1.165) is 11.3 Å². The minimum absolute atomic E-state index is 0.0498. The van der Waals surface area contributed by atoms with Gasteiger partial charge in [0.2, 0.25) is 5.91 Å². The number of benzene rings is 1. The van der Waals surface area contributed by atoms with Crippen molar-refractivity contribution in [3.63, 3.8) is 0 Å². The fourth-order valence-corrected chi connectivity index (χ4v) is 1.88. The van der Waals surface area contributed by atoms with Crippen molar-refractivity contribution in [1.29, 1.82) is 0 Å². The lowest BCUT2D eigenvalue weighted by Crippen LogP contribution is -2.19. The number of amidine groups is 1. The van der Waals surface area contributed by atoms with E-state index in [9.17, 15) is 4.79 Å². The monoisotopic (exact) mass is 249 g/mol. The Morgan fingerprint density at radius 3 is 2.71 bits per heavy atom. The van der Waals surface area contributed by atoms with Crippen molar-refractivity contribution in [3.05, 3.63) is 29.8 Å². The summed E-state index contributed by atoms with van der Waals surface area (Å²) < 4.78 is 0. The van der Waals surface area contributed by atoms with Crippen LogP contribution in [0.1, 0.15) is 12.5 Å². The molecule has 0 atom stereocenters. The van der Waals surface area contributed by atoms with Gasteiger partial charge in [-0.3, -0.25) is 4.79 Å². The molecular formula is C11H11N3O2S. The van der Waals surface area contributed by atoms with Gasteiger partial charge in [-0.15, -0.1) is 5.10 Å². The van der Waals surface area contributed by atoms with E-state index >= 15 is 0 Å². The summed E-state index contributed by atoms with van der Waals surface area (Å²) in [5.41, 5.74) is 1.60. The summed E-state index contributed by atoms with van der Waals surface area (Å²) in [7, 11) is 0. The number of phenolic OH excluding ortho intramolecular Hbond substituents is 1. The topological polar surface area (TPSA) is 74.0 Å². The van der Waals surface area contributed by atoms with E-state index in [2.05, 4.69) is 15.5 Å². The van der Waals surface area contributed by atoms with Gasteiger partial charge in [0.1, 0.15) is 5.75 Å². The molecule has 1 aromatic rings. The van der Waals surface area contributed by atoms with Crippen LogP contribution >= 0.6 is 11.8 Å². The van der Waals surface area contributed by atoms with Crippen LogP contribution < -0.4 is 5.32 Å². The fraction of sp³-hybridized carbons (Fsp3) is 0.182. The Labute approximate surface area is 103 Å². The van der Waals surface area contributed by atoms with Gasteiger partial charge >= 0.3 is 0 Å². The van der Waals surface area contributed by atoms with Crippen molar-refractivity contribution < 1.29 is 9.90 Å². The predicted octanol–water partition coefficient (Wildman–Crippen LogP) is 1.34. The zero-order valence-electron chi connectivity index (χ0n) is 9.17. The van der Waals surface area contributed by atoms with E-state index in [1.165, 1.54) is 11.8 Å². The Balaban J connectivity index is 2.12. The van der Waals surface area contributed by atoms with E-state index in [4.69, 9.17) is 5.11 Å². The van der Waals surface area contributed by atoms with Gasteiger partial charge in [0.25, 0.3) is 0 Å². The zero-order chi connectivity index (χ0) is 12.3. The molecule has 17 heavy (non-hydrogen) atoms. The number of thioether (sulfide) groups is 1. The van der Waals surface area contributed by atoms with Crippen LogP contribution in [0.3, 0.4) is 0 Å². The average molecular weight is 249 g/mol. The first-order valence-electron chi connectivity index (χ1n) is 4.99. The summed E-state index contributed by atoms with van der Waals surface area (Å²) in [6, 6.07) is 6.70. The molecule has 0 aliphatic carbocycles. The number of rotatable bonds is 2. The van der Waals surface area contributed by atoms with Crippen LogP contribution in [0.5, 0.6) is 5.75 Å². The van der Waals surface area contributed by atoms with Crippen LogP contribution in [-0.4, -0.2) is 27.6 Å². The zero-order valence-corrected chi connectivity index (χ0v) is 9.99. The Kier molecular flexibility index (Phi) is 3.43. The van der Waals surface area contributed by atoms with Crippen LogP contribution in [-0.2, 0) is 4.79 Å². The molecule has 2 rings (SSSR count). The van der Waals surface area contributed by atoms with E-state index in [1.54, 1.807) is 24.3 Å². The number of carbonyl (C=O) groups is 1. The first kappa shape index (κ1) is 11.7. The molecule has 5 nitrogen and oxygen atoms in total. The van der Waals surface area contributed by atoms with Crippen LogP contribution in [0.15, 0.2) is 34.5 Å². The number of nitrogens with zero attached hydrogens (tertiary/aromatic N) is 2. The molecule has 0 saturated carbocycles. The minimum atomic E-state index is -0.0498. The van der Waals surface area contributed by atoms with E-state index in [1.807, 2.05) is 6.92 Å². The third-order valence-electron chi connectivity index (χ3n) is 2.16. The normalized spacial score (nSPS) is 18.5. The first-order valence-corrected chi connectivity index (χ1v) is 5.98. The summed E-state index contributed by atoms with van der Waals surface area (Å²) >= 11 is 1.33. The van der Waals surface area contributed by atoms with Crippen LogP contribution in [0.4, 0.5) is 0 Å². The van der Waals surface area contributed by atoms with Gasteiger partial charge < -0.3 is 10.4 Å². The molecule has 0 bridgehead atoms. The summed E-state index contributed by atoms with van der Waals surface area (Å²) in [5.74, 6) is 0.560. The molecule has 0 unspecified atom stereocenters. The van der Waals surface area contributed by atoms with Gasteiger partial charge in [0.15, 0.2) is 5.17 Å². The second kappa shape index (κ2) is 5.01. The van der Waals surface area contributed by atoms with Crippen LogP contribution in [0, 0.1) is 0 Å². The number of hydrogen-bond donors (Lipinski definition) is 2. The summed E-state index contributed by atoms with van der Waals surface area (Å²) in [4.78, 5) is 10.9. The number of phenols is 1. The summed E-state index contributed by atoms with van der Waals surface area (Å²) in [5, 5.41) is 20.2. The number of hydrogen-bond acceptors (Lipinski definition) is 5. The van der Waals surface area contributed by atoms with Gasteiger partial charge in [-0.05, 0) is 36.8 Å². The number of amides is 1. The lowest BCUT2D eigenvalue weighted by molar-refractivity contribution is -0.116. The van der Waals surface area contributed by atoms with Crippen molar-refractivity contribution >= 4 is 28.5 Å². The van der Waals surface area contributed by atoms with Gasteiger partial charge in [0, 0.05) is 0 Å². The molecule has 6 heteroatoms. The second-order valence-electron chi connectivity index (χ2n) is 3.47. The molecule has 0 aromatic heterocycles. The number of aromatic hydroxyl groups is 1. The standard InChI is InChI=1S/C11H11N3O2S/c1-7(8-2-4-9(15)5-3-8)13-14-11-12-10(16)6-17-11/h2-5,15H,6H2,1H3,(H,12,14,16)/b13-7-. The smallest absolute Gasteiger partial charge is 0.236 e. The molecule has 1 amide bonds. The van der Waals surface area contributed by atoms with E-state index < -0.39 is 0 Å². The van der Waals surface area contributed by atoms with Crippen molar-refractivity contribution in [2.45, 2.75) is 6.92 Å². The Morgan fingerprint density at radius 2 is 2.12 bits per heavy atom. The number of nitrogens with one attached hydrogen (secondary N) is 1. The molecule has 1 fully saturated rings.